The van der Waals surface area contributed by atoms with Crippen LogP contribution in [0.4, 0.5) is 4.79 Å². The first-order valence-electron chi connectivity index (χ1n) is 8.09. The van der Waals surface area contributed by atoms with Crippen molar-refractivity contribution in [2.24, 2.45) is 0 Å². The molecule has 2 aliphatic rings. The summed E-state index contributed by atoms with van der Waals surface area (Å²) in [5.74, 6) is 0. The van der Waals surface area contributed by atoms with Crippen molar-refractivity contribution in [2.75, 3.05) is 26.2 Å². The summed E-state index contributed by atoms with van der Waals surface area (Å²) < 4.78 is 26.9. The minimum atomic E-state index is -3.49. The van der Waals surface area contributed by atoms with Crippen molar-refractivity contribution in [2.45, 2.75) is 37.1 Å². The fraction of sp³-hybridized carbons (Fsp3) is 0.562. The van der Waals surface area contributed by atoms with E-state index in [4.69, 9.17) is 0 Å². The second kappa shape index (κ2) is 6.49. The lowest BCUT2D eigenvalue weighted by molar-refractivity contribution is 0.200. The van der Waals surface area contributed by atoms with Crippen LogP contribution in [-0.4, -0.2) is 55.9 Å². The van der Waals surface area contributed by atoms with Crippen LogP contribution < -0.4 is 5.32 Å². The van der Waals surface area contributed by atoms with E-state index < -0.39 is 10.0 Å². The zero-order valence-corrected chi connectivity index (χ0v) is 14.2. The van der Waals surface area contributed by atoms with Crippen LogP contribution in [-0.2, 0) is 10.0 Å². The fourth-order valence-corrected chi connectivity index (χ4v) is 4.16. The molecule has 1 heterocycles. The molecule has 7 heteroatoms. The van der Waals surface area contributed by atoms with Gasteiger partial charge in [0.15, 0.2) is 0 Å². The second-order valence-electron chi connectivity index (χ2n) is 6.28. The highest BCUT2D eigenvalue weighted by atomic mass is 32.2. The Morgan fingerprint density at radius 1 is 1.09 bits per heavy atom. The Kier molecular flexibility index (Phi) is 4.59. The van der Waals surface area contributed by atoms with Gasteiger partial charge < -0.3 is 10.2 Å². The number of rotatable bonds is 3. The van der Waals surface area contributed by atoms with Crippen LogP contribution in [0.5, 0.6) is 0 Å². The van der Waals surface area contributed by atoms with E-state index in [9.17, 15) is 13.2 Å². The van der Waals surface area contributed by atoms with Crippen molar-refractivity contribution in [1.82, 2.24) is 14.5 Å². The first kappa shape index (κ1) is 16.3. The van der Waals surface area contributed by atoms with Gasteiger partial charge in [-0.15, -0.1) is 0 Å². The summed E-state index contributed by atoms with van der Waals surface area (Å²) in [4.78, 5) is 14.2. The van der Waals surface area contributed by atoms with E-state index in [1.54, 1.807) is 29.2 Å². The zero-order chi connectivity index (χ0) is 16.4. The highest BCUT2D eigenvalue weighted by Crippen LogP contribution is 2.20. The molecular weight excluding hydrogens is 314 g/mol. The molecule has 1 N–H and O–H groups in total. The van der Waals surface area contributed by atoms with Crippen LogP contribution in [0.3, 0.4) is 0 Å². The number of benzene rings is 1. The van der Waals surface area contributed by atoms with Gasteiger partial charge in [0.1, 0.15) is 0 Å². The molecule has 0 spiro atoms. The Morgan fingerprint density at radius 3 is 2.43 bits per heavy atom. The first-order chi connectivity index (χ1) is 11.0. The number of nitrogens with one attached hydrogen (secondary N) is 1. The minimum absolute atomic E-state index is 0.0675. The molecule has 0 radical (unpaired) electrons. The van der Waals surface area contributed by atoms with Gasteiger partial charge in [-0.25, -0.2) is 13.2 Å². The summed E-state index contributed by atoms with van der Waals surface area (Å²) in [5, 5.41) is 2.96. The number of carbonyl (C=O) groups excluding carboxylic acids is 1. The predicted octanol–water partition coefficient (Wildman–Crippen LogP) is 1.56. The molecule has 0 aromatic heterocycles. The van der Waals surface area contributed by atoms with Gasteiger partial charge in [0.25, 0.3) is 0 Å². The van der Waals surface area contributed by atoms with E-state index in [1.807, 2.05) is 6.92 Å². The molecule has 1 aliphatic heterocycles. The van der Waals surface area contributed by atoms with Gasteiger partial charge in [0.2, 0.25) is 10.0 Å². The highest BCUT2D eigenvalue weighted by Gasteiger charge is 2.30. The van der Waals surface area contributed by atoms with E-state index in [2.05, 4.69) is 5.32 Å². The van der Waals surface area contributed by atoms with Gasteiger partial charge in [0.05, 0.1) is 4.90 Å². The second-order valence-corrected chi connectivity index (χ2v) is 8.22. The number of carbonyl (C=O) groups is 1. The molecule has 1 aromatic rings. The van der Waals surface area contributed by atoms with E-state index in [-0.39, 0.29) is 6.03 Å². The van der Waals surface area contributed by atoms with Crippen molar-refractivity contribution >= 4 is 16.1 Å². The van der Waals surface area contributed by atoms with Gasteiger partial charge >= 0.3 is 6.03 Å². The molecule has 1 aromatic carbocycles. The Hall–Kier alpha value is -1.60. The van der Waals surface area contributed by atoms with Crippen LogP contribution in [0.1, 0.15) is 24.8 Å². The summed E-state index contributed by atoms with van der Waals surface area (Å²) in [7, 11) is -3.49. The lowest BCUT2D eigenvalue weighted by Crippen LogP contribution is -2.43. The molecule has 2 amide bonds. The molecule has 1 saturated heterocycles. The molecule has 1 aliphatic carbocycles. The van der Waals surface area contributed by atoms with Crippen LogP contribution in [0, 0.1) is 6.92 Å². The minimum Gasteiger partial charge on any atom is -0.335 e. The standard InChI is InChI=1S/C16H23N3O3S/c1-13-3-7-15(8-4-13)23(21,22)19-10-2-9-18(11-12-19)16(20)17-14-5-6-14/h3-4,7-8,14H,2,5-6,9-12H2,1H3,(H,17,20). The van der Waals surface area contributed by atoms with Gasteiger partial charge in [-0.2, -0.15) is 4.31 Å². The summed E-state index contributed by atoms with van der Waals surface area (Å²) in [6.07, 6.45) is 2.75. The monoisotopic (exact) mass is 337 g/mol. The van der Waals surface area contributed by atoms with Crippen LogP contribution in [0.25, 0.3) is 0 Å². The number of sulfonamides is 1. The van der Waals surface area contributed by atoms with Crippen molar-refractivity contribution in [3.8, 4) is 0 Å². The molecule has 3 rings (SSSR count). The van der Waals surface area contributed by atoms with Gasteiger partial charge in [-0.3, -0.25) is 0 Å². The third kappa shape index (κ3) is 3.84. The Bertz CT molecular complexity index is 668. The van der Waals surface area contributed by atoms with Gasteiger partial charge in [0, 0.05) is 32.2 Å². The molecule has 0 atom stereocenters. The zero-order valence-electron chi connectivity index (χ0n) is 13.4. The third-order valence-electron chi connectivity index (χ3n) is 4.31. The summed E-state index contributed by atoms with van der Waals surface area (Å²) >= 11 is 0. The number of hydrogen-bond acceptors (Lipinski definition) is 3. The van der Waals surface area contributed by atoms with E-state index in [1.165, 1.54) is 4.31 Å². The molecule has 0 bridgehead atoms. The molecule has 0 unspecified atom stereocenters. The molecule has 2 fully saturated rings. The smallest absolute Gasteiger partial charge is 0.317 e. The lowest BCUT2D eigenvalue weighted by atomic mass is 10.2. The largest absolute Gasteiger partial charge is 0.335 e. The quantitative estimate of drug-likeness (QED) is 0.910. The number of urea groups is 1. The van der Waals surface area contributed by atoms with Crippen molar-refractivity contribution in [1.29, 1.82) is 0 Å². The topological polar surface area (TPSA) is 69.7 Å². The maximum Gasteiger partial charge on any atom is 0.317 e. The van der Waals surface area contributed by atoms with Gasteiger partial charge in [-0.05, 0) is 38.3 Å². The summed E-state index contributed by atoms with van der Waals surface area (Å²) in [6, 6.07) is 7.15. The van der Waals surface area contributed by atoms with E-state index in [0.717, 1.165) is 18.4 Å². The van der Waals surface area contributed by atoms with Crippen LogP contribution >= 0.6 is 0 Å². The predicted molar refractivity (Wildman–Crippen MR) is 87.7 cm³/mol. The van der Waals surface area contributed by atoms with Crippen molar-refractivity contribution in [3.63, 3.8) is 0 Å². The lowest BCUT2D eigenvalue weighted by Gasteiger charge is -2.22. The SMILES string of the molecule is Cc1ccc(S(=O)(=O)N2CCCN(C(=O)NC3CC3)CC2)cc1. The Morgan fingerprint density at radius 2 is 1.78 bits per heavy atom. The average Bonchev–Trinajstić information content (AvgIpc) is 3.33. The molecule has 6 nitrogen and oxygen atoms in total. The average molecular weight is 337 g/mol. The molecule has 23 heavy (non-hydrogen) atoms. The first-order valence-corrected chi connectivity index (χ1v) is 9.53. The van der Waals surface area contributed by atoms with Crippen molar-refractivity contribution < 1.29 is 13.2 Å². The van der Waals surface area contributed by atoms with Crippen LogP contribution in [0.15, 0.2) is 29.2 Å². The maximum absolute atomic E-state index is 12.7. The van der Waals surface area contributed by atoms with Crippen LogP contribution in [0.2, 0.25) is 0 Å². The normalized spacial score (nSPS) is 20.1. The van der Waals surface area contributed by atoms with Gasteiger partial charge in [-0.1, -0.05) is 17.7 Å². The summed E-state index contributed by atoms with van der Waals surface area (Å²) in [5.41, 5.74) is 1.03. The highest BCUT2D eigenvalue weighted by molar-refractivity contribution is 7.89. The Balaban J connectivity index is 1.66. The summed E-state index contributed by atoms with van der Waals surface area (Å²) in [6.45, 7) is 3.75. The number of amides is 2. The third-order valence-corrected chi connectivity index (χ3v) is 6.22. The Labute approximate surface area is 137 Å². The number of nitrogens with zero attached hydrogens (tertiary/aromatic N) is 2. The van der Waals surface area contributed by atoms with E-state index >= 15 is 0 Å². The number of hydrogen-bond donors (Lipinski definition) is 1. The molecular formula is C16H23N3O3S. The van der Waals surface area contributed by atoms with E-state index in [0.29, 0.717) is 43.5 Å². The number of aryl methyl sites for hydroxylation is 1. The maximum atomic E-state index is 12.7. The fourth-order valence-electron chi connectivity index (χ4n) is 2.69. The molecule has 126 valence electrons. The molecule has 1 saturated carbocycles. The van der Waals surface area contributed by atoms with Crippen molar-refractivity contribution in [3.05, 3.63) is 29.8 Å².